The summed E-state index contributed by atoms with van der Waals surface area (Å²) in [7, 11) is 0. The number of fused-ring (bicyclic) bond motifs is 1. The molecule has 0 bridgehead atoms. The molecule has 0 fully saturated rings. The molecule has 0 aliphatic rings. The molecular formula is C26H27N3O2. The molecule has 31 heavy (non-hydrogen) atoms. The van der Waals surface area contributed by atoms with Gasteiger partial charge in [-0.25, -0.2) is 4.98 Å². The van der Waals surface area contributed by atoms with Crippen LogP contribution in [0.25, 0.3) is 5.65 Å². The summed E-state index contributed by atoms with van der Waals surface area (Å²) in [6.07, 6.45) is 2.55. The number of ether oxygens (including phenoxy) is 1. The van der Waals surface area contributed by atoms with Gasteiger partial charge in [0.25, 0.3) is 5.91 Å². The van der Waals surface area contributed by atoms with E-state index >= 15 is 0 Å². The van der Waals surface area contributed by atoms with Gasteiger partial charge in [-0.1, -0.05) is 67.6 Å². The van der Waals surface area contributed by atoms with Crippen molar-refractivity contribution in [3.8, 4) is 5.75 Å². The van der Waals surface area contributed by atoms with Crippen molar-refractivity contribution in [3.05, 3.63) is 102 Å². The Morgan fingerprint density at radius 2 is 1.52 bits per heavy atom. The Morgan fingerprint density at radius 3 is 2.06 bits per heavy atom. The van der Waals surface area contributed by atoms with Gasteiger partial charge in [-0.3, -0.25) is 9.20 Å². The molecule has 0 spiro atoms. The largest absolute Gasteiger partial charge is 0.490 e. The Labute approximate surface area is 182 Å². The second kappa shape index (κ2) is 9.47. The van der Waals surface area contributed by atoms with Gasteiger partial charge >= 0.3 is 0 Å². The molecule has 0 N–H and O–H groups in total. The average Bonchev–Trinajstić information content (AvgIpc) is 3.19. The molecule has 0 unspecified atom stereocenters. The third kappa shape index (κ3) is 4.45. The summed E-state index contributed by atoms with van der Waals surface area (Å²) in [5.41, 5.74) is 4.25. The zero-order chi connectivity index (χ0) is 21.6. The molecule has 0 aliphatic carbocycles. The fraction of sp³-hybridized carbons (Fsp3) is 0.231. The molecule has 2 aromatic carbocycles. The first-order chi connectivity index (χ1) is 15.2. The number of aromatic nitrogens is 2. The van der Waals surface area contributed by atoms with Crippen molar-refractivity contribution < 1.29 is 9.53 Å². The lowest BCUT2D eigenvalue weighted by molar-refractivity contribution is 0.0721. The smallest absolute Gasteiger partial charge is 0.273 e. The first-order valence-corrected chi connectivity index (χ1v) is 10.7. The van der Waals surface area contributed by atoms with E-state index in [1.54, 1.807) is 0 Å². The Kier molecular flexibility index (Phi) is 6.32. The van der Waals surface area contributed by atoms with E-state index in [1.807, 2.05) is 102 Å². The first kappa shape index (κ1) is 20.7. The minimum Gasteiger partial charge on any atom is -0.490 e. The number of rotatable bonds is 8. The highest BCUT2D eigenvalue weighted by molar-refractivity contribution is 5.95. The van der Waals surface area contributed by atoms with Crippen LogP contribution in [0, 0.1) is 0 Å². The molecule has 0 aliphatic heterocycles. The van der Waals surface area contributed by atoms with Crippen molar-refractivity contribution in [2.45, 2.75) is 33.4 Å². The topological polar surface area (TPSA) is 46.8 Å². The van der Waals surface area contributed by atoms with E-state index in [-0.39, 0.29) is 5.91 Å². The molecule has 2 aromatic heterocycles. The molecule has 2 heterocycles. The summed E-state index contributed by atoms with van der Waals surface area (Å²) < 4.78 is 7.63. The summed E-state index contributed by atoms with van der Waals surface area (Å²) >= 11 is 0. The maximum Gasteiger partial charge on any atom is 0.273 e. The predicted octanol–water partition coefficient (Wildman–Crippen LogP) is 5.14. The molecule has 4 aromatic rings. The number of carbonyl (C=O) groups excluding carboxylic acids is 1. The molecule has 0 saturated carbocycles. The van der Waals surface area contributed by atoms with E-state index in [0.29, 0.717) is 43.2 Å². The molecule has 0 atom stereocenters. The maximum atomic E-state index is 13.9. The highest BCUT2D eigenvalue weighted by Crippen LogP contribution is 2.25. The quantitative estimate of drug-likeness (QED) is 0.402. The molecule has 158 valence electrons. The van der Waals surface area contributed by atoms with Crippen molar-refractivity contribution in [2.75, 3.05) is 6.61 Å². The van der Waals surface area contributed by atoms with Crippen molar-refractivity contribution in [3.63, 3.8) is 0 Å². The Balaban J connectivity index is 1.77. The molecule has 5 heteroatoms. The second-order valence-corrected chi connectivity index (χ2v) is 7.39. The summed E-state index contributed by atoms with van der Waals surface area (Å²) in [5, 5.41) is 0. The van der Waals surface area contributed by atoms with Gasteiger partial charge in [0.2, 0.25) is 0 Å². The van der Waals surface area contributed by atoms with E-state index < -0.39 is 0 Å². The van der Waals surface area contributed by atoms with E-state index in [4.69, 9.17) is 9.72 Å². The van der Waals surface area contributed by atoms with Gasteiger partial charge in [0.15, 0.2) is 11.4 Å². The van der Waals surface area contributed by atoms with Crippen LogP contribution in [0.5, 0.6) is 5.75 Å². The Bertz CT molecular complexity index is 1110. The predicted molar refractivity (Wildman–Crippen MR) is 122 cm³/mol. The van der Waals surface area contributed by atoms with Gasteiger partial charge in [-0.05, 0) is 36.6 Å². The molecule has 5 nitrogen and oxygen atoms in total. The van der Waals surface area contributed by atoms with Crippen LogP contribution in [0.4, 0.5) is 0 Å². The van der Waals surface area contributed by atoms with E-state index in [2.05, 4.69) is 0 Å². The molecule has 0 radical (unpaired) electrons. The normalized spacial score (nSPS) is 10.9. The summed E-state index contributed by atoms with van der Waals surface area (Å²) in [5.74, 6) is 0.655. The molecular weight excluding hydrogens is 386 g/mol. The number of pyridine rings is 1. The minimum absolute atomic E-state index is 0.0364. The standard InChI is InChI=1S/C26H27N3O2/c1-3-22-24(29-17-11-16-23(31-4-2)25(29)27-22)26(30)28(18-20-12-7-5-8-13-20)19-21-14-9-6-10-15-21/h5-17H,3-4,18-19H2,1-2H3. The SMILES string of the molecule is CCOc1cccn2c(C(=O)N(Cc3ccccc3)Cc3ccccc3)c(CC)nc12. The van der Waals surface area contributed by atoms with Crippen LogP contribution in [0.15, 0.2) is 79.0 Å². The van der Waals surface area contributed by atoms with Crippen LogP contribution < -0.4 is 4.74 Å². The third-order valence-electron chi connectivity index (χ3n) is 5.24. The number of amides is 1. The average molecular weight is 414 g/mol. The zero-order valence-corrected chi connectivity index (χ0v) is 18.0. The maximum absolute atomic E-state index is 13.9. The number of carbonyl (C=O) groups is 1. The fourth-order valence-electron chi connectivity index (χ4n) is 3.79. The van der Waals surface area contributed by atoms with Crippen LogP contribution in [-0.2, 0) is 19.5 Å². The van der Waals surface area contributed by atoms with Crippen LogP contribution in [-0.4, -0.2) is 26.8 Å². The highest BCUT2D eigenvalue weighted by Gasteiger charge is 2.25. The lowest BCUT2D eigenvalue weighted by atomic mass is 10.1. The number of hydrogen-bond donors (Lipinski definition) is 0. The van der Waals surface area contributed by atoms with Crippen LogP contribution in [0.1, 0.15) is 41.2 Å². The zero-order valence-electron chi connectivity index (χ0n) is 18.0. The van der Waals surface area contributed by atoms with Gasteiger partial charge < -0.3 is 9.64 Å². The lowest BCUT2D eigenvalue weighted by Gasteiger charge is -2.23. The van der Waals surface area contributed by atoms with Gasteiger partial charge in [-0.15, -0.1) is 0 Å². The Morgan fingerprint density at radius 1 is 0.903 bits per heavy atom. The van der Waals surface area contributed by atoms with Crippen LogP contribution in [0.2, 0.25) is 0 Å². The second-order valence-electron chi connectivity index (χ2n) is 7.39. The fourth-order valence-corrected chi connectivity index (χ4v) is 3.79. The van der Waals surface area contributed by atoms with Crippen molar-refractivity contribution in [2.24, 2.45) is 0 Å². The van der Waals surface area contributed by atoms with Crippen molar-refractivity contribution in [1.29, 1.82) is 0 Å². The van der Waals surface area contributed by atoms with E-state index in [9.17, 15) is 4.79 Å². The lowest BCUT2D eigenvalue weighted by Crippen LogP contribution is -2.31. The van der Waals surface area contributed by atoms with Gasteiger partial charge in [0.1, 0.15) is 5.69 Å². The number of nitrogens with zero attached hydrogens (tertiary/aromatic N) is 3. The van der Waals surface area contributed by atoms with E-state index in [1.165, 1.54) is 0 Å². The molecule has 1 amide bonds. The summed E-state index contributed by atoms with van der Waals surface area (Å²) in [6, 6.07) is 24.0. The van der Waals surface area contributed by atoms with Crippen LogP contribution >= 0.6 is 0 Å². The van der Waals surface area contributed by atoms with Crippen molar-refractivity contribution in [1.82, 2.24) is 14.3 Å². The van der Waals surface area contributed by atoms with Gasteiger partial charge in [0, 0.05) is 19.3 Å². The summed E-state index contributed by atoms with van der Waals surface area (Å²) in [6.45, 7) is 5.57. The minimum atomic E-state index is -0.0364. The van der Waals surface area contributed by atoms with Gasteiger partial charge in [0.05, 0.1) is 12.3 Å². The monoisotopic (exact) mass is 413 g/mol. The van der Waals surface area contributed by atoms with Crippen molar-refractivity contribution >= 4 is 11.6 Å². The van der Waals surface area contributed by atoms with Crippen LogP contribution in [0.3, 0.4) is 0 Å². The third-order valence-corrected chi connectivity index (χ3v) is 5.24. The highest BCUT2D eigenvalue weighted by atomic mass is 16.5. The summed E-state index contributed by atoms with van der Waals surface area (Å²) in [4.78, 5) is 20.5. The van der Waals surface area contributed by atoms with E-state index in [0.717, 1.165) is 16.8 Å². The van der Waals surface area contributed by atoms with Gasteiger partial charge in [-0.2, -0.15) is 0 Å². The number of aryl methyl sites for hydroxylation is 1. The number of imidazole rings is 1. The number of hydrogen-bond acceptors (Lipinski definition) is 3. The first-order valence-electron chi connectivity index (χ1n) is 10.7. The Hall–Kier alpha value is -3.60. The molecule has 0 saturated heterocycles. The molecule has 4 rings (SSSR count). The number of benzene rings is 2.